The molecule has 1 saturated heterocycles. The van der Waals surface area contributed by atoms with Crippen molar-refractivity contribution in [3.8, 4) is 0 Å². The van der Waals surface area contributed by atoms with E-state index in [0.717, 1.165) is 19.5 Å². The molecule has 20 heavy (non-hydrogen) atoms. The molecule has 1 aliphatic rings. The molecule has 9 heteroatoms. The molecular formula is C11H14Cl3FN2O2S. The van der Waals surface area contributed by atoms with Crippen LogP contribution in [0.25, 0.3) is 0 Å². The van der Waals surface area contributed by atoms with Gasteiger partial charge in [0.25, 0.3) is 0 Å². The molecule has 2 rings (SSSR count). The van der Waals surface area contributed by atoms with Crippen molar-refractivity contribution in [2.24, 2.45) is 5.92 Å². The summed E-state index contributed by atoms with van der Waals surface area (Å²) in [6.45, 7) is 1.95. The maximum Gasteiger partial charge on any atom is 0.242 e. The largest absolute Gasteiger partial charge is 0.316 e. The van der Waals surface area contributed by atoms with Crippen LogP contribution in [0.3, 0.4) is 0 Å². The van der Waals surface area contributed by atoms with Crippen molar-refractivity contribution < 1.29 is 12.8 Å². The molecule has 1 atom stereocenters. The van der Waals surface area contributed by atoms with Crippen LogP contribution in [0.4, 0.5) is 4.39 Å². The summed E-state index contributed by atoms with van der Waals surface area (Å²) in [6.07, 6.45) is 0.908. The minimum atomic E-state index is -3.83. The first kappa shape index (κ1) is 17.9. The topological polar surface area (TPSA) is 58.2 Å². The predicted molar refractivity (Wildman–Crippen MR) is 79.8 cm³/mol. The molecule has 2 N–H and O–H groups in total. The number of rotatable bonds is 4. The fraction of sp³-hybridized carbons (Fsp3) is 0.455. The van der Waals surface area contributed by atoms with Crippen LogP contribution in [-0.2, 0) is 10.0 Å². The zero-order valence-electron chi connectivity index (χ0n) is 10.3. The number of sulfonamides is 1. The van der Waals surface area contributed by atoms with Gasteiger partial charge in [0, 0.05) is 6.54 Å². The average molecular weight is 364 g/mol. The minimum absolute atomic E-state index is 0. The highest BCUT2D eigenvalue weighted by Crippen LogP contribution is 2.29. The zero-order valence-corrected chi connectivity index (χ0v) is 13.5. The van der Waals surface area contributed by atoms with Crippen molar-refractivity contribution in [3.63, 3.8) is 0 Å². The van der Waals surface area contributed by atoms with Crippen LogP contribution in [0, 0.1) is 11.7 Å². The van der Waals surface area contributed by atoms with Gasteiger partial charge in [-0.3, -0.25) is 0 Å². The summed E-state index contributed by atoms with van der Waals surface area (Å²) in [5.41, 5.74) is 0. The van der Waals surface area contributed by atoms with Crippen molar-refractivity contribution in [1.29, 1.82) is 0 Å². The Hall–Kier alpha value is -0.110. The van der Waals surface area contributed by atoms with Crippen molar-refractivity contribution in [1.82, 2.24) is 10.0 Å². The lowest BCUT2D eigenvalue weighted by molar-refractivity contribution is 0.537. The number of hydrogen-bond donors (Lipinski definition) is 2. The van der Waals surface area contributed by atoms with E-state index in [9.17, 15) is 12.8 Å². The Bertz CT molecular complexity index is 577. The van der Waals surface area contributed by atoms with Gasteiger partial charge in [-0.2, -0.15) is 0 Å². The molecule has 114 valence electrons. The molecule has 0 spiro atoms. The first-order valence-electron chi connectivity index (χ1n) is 5.75. The maximum atomic E-state index is 13.5. The van der Waals surface area contributed by atoms with E-state index in [4.69, 9.17) is 23.2 Å². The van der Waals surface area contributed by atoms with Crippen molar-refractivity contribution in [3.05, 3.63) is 28.0 Å². The lowest BCUT2D eigenvalue weighted by Crippen LogP contribution is -2.30. The fourth-order valence-electron chi connectivity index (χ4n) is 1.91. The van der Waals surface area contributed by atoms with Crippen LogP contribution in [-0.4, -0.2) is 28.1 Å². The Balaban J connectivity index is 0.00000200. The van der Waals surface area contributed by atoms with Crippen molar-refractivity contribution >= 4 is 45.6 Å². The van der Waals surface area contributed by atoms with E-state index in [-0.39, 0.29) is 28.2 Å². The molecule has 1 fully saturated rings. The van der Waals surface area contributed by atoms with Gasteiger partial charge in [-0.15, -0.1) is 12.4 Å². The van der Waals surface area contributed by atoms with E-state index in [1.807, 2.05) is 0 Å². The lowest BCUT2D eigenvalue weighted by atomic mass is 10.1. The van der Waals surface area contributed by atoms with Gasteiger partial charge >= 0.3 is 0 Å². The van der Waals surface area contributed by atoms with Gasteiger partial charge in [0.05, 0.1) is 10.0 Å². The molecule has 0 amide bonds. The van der Waals surface area contributed by atoms with E-state index in [1.165, 1.54) is 12.1 Å². The third-order valence-electron chi connectivity index (χ3n) is 3.01. The standard InChI is InChI=1S/C11H13Cl2FN2O2S.ClH/c12-8-1-2-9(10(13)11(8)14)19(17,18)16-6-7-3-4-15-5-7;/h1-2,7,15-16H,3-6H2;1H. The average Bonchev–Trinajstić information content (AvgIpc) is 2.86. The van der Waals surface area contributed by atoms with Gasteiger partial charge in [0.15, 0.2) is 5.82 Å². The molecule has 0 radical (unpaired) electrons. The van der Waals surface area contributed by atoms with E-state index in [2.05, 4.69) is 10.0 Å². The lowest BCUT2D eigenvalue weighted by Gasteiger charge is -2.12. The SMILES string of the molecule is Cl.O=S(=O)(NCC1CCNC1)c1ccc(Cl)c(F)c1Cl. The zero-order chi connectivity index (χ0) is 14.0. The third-order valence-corrected chi connectivity index (χ3v) is 5.25. The van der Waals surface area contributed by atoms with E-state index < -0.39 is 20.9 Å². The number of halogens is 4. The van der Waals surface area contributed by atoms with Crippen molar-refractivity contribution in [2.75, 3.05) is 19.6 Å². The molecule has 1 unspecified atom stereocenters. The molecule has 0 saturated carbocycles. The second-order valence-corrected chi connectivity index (χ2v) is 6.90. The van der Waals surface area contributed by atoms with Crippen molar-refractivity contribution in [2.45, 2.75) is 11.3 Å². The summed E-state index contributed by atoms with van der Waals surface area (Å²) in [4.78, 5) is -0.290. The van der Waals surface area contributed by atoms with Gasteiger partial charge in [-0.1, -0.05) is 23.2 Å². The fourth-order valence-corrected chi connectivity index (χ4v) is 3.77. The quantitative estimate of drug-likeness (QED) is 0.808. The molecule has 1 aromatic carbocycles. The summed E-state index contributed by atoms with van der Waals surface area (Å²) < 4.78 is 40.0. The molecule has 1 heterocycles. The highest BCUT2D eigenvalue weighted by Gasteiger charge is 2.23. The molecule has 1 aliphatic heterocycles. The summed E-state index contributed by atoms with van der Waals surface area (Å²) in [5, 5.41) is 2.45. The third kappa shape index (κ3) is 3.96. The first-order chi connectivity index (χ1) is 8.92. The Morgan fingerprint density at radius 3 is 2.70 bits per heavy atom. The molecular weight excluding hydrogens is 350 g/mol. The predicted octanol–water partition coefficient (Wildman–Crippen LogP) is 2.44. The summed E-state index contributed by atoms with van der Waals surface area (Å²) in [6, 6.07) is 2.37. The molecule has 1 aromatic rings. The Labute approximate surface area is 133 Å². The normalized spacial score (nSPS) is 18.9. The van der Waals surface area contributed by atoms with Gasteiger partial charge in [-0.25, -0.2) is 17.5 Å². The minimum Gasteiger partial charge on any atom is -0.316 e. The van der Waals surface area contributed by atoms with E-state index in [0.29, 0.717) is 6.54 Å². The highest BCUT2D eigenvalue weighted by molar-refractivity contribution is 7.89. The van der Waals surface area contributed by atoms with Gasteiger partial charge in [-0.05, 0) is 37.6 Å². The summed E-state index contributed by atoms with van der Waals surface area (Å²) >= 11 is 11.2. The monoisotopic (exact) mass is 362 g/mol. The van der Waals surface area contributed by atoms with Crippen LogP contribution in [0.5, 0.6) is 0 Å². The van der Waals surface area contributed by atoms with Gasteiger partial charge < -0.3 is 5.32 Å². The van der Waals surface area contributed by atoms with Gasteiger partial charge in [0.1, 0.15) is 4.90 Å². The molecule has 0 bridgehead atoms. The highest BCUT2D eigenvalue weighted by atomic mass is 35.5. The summed E-state index contributed by atoms with van der Waals surface area (Å²) in [7, 11) is -3.83. The smallest absolute Gasteiger partial charge is 0.242 e. The second kappa shape index (κ2) is 7.24. The van der Waals surface area contributed by atoms with Crippen LogP contribution in [0.1, 0.15) is 6.42 Å². The molecule has 4 nitrogen and oxygen atoms in total. The van der Waals surface area contributed by atoms with Crippen LogP contribution >= 0.6 is 35.6 Å². The number of nitrogens with one attached hydrogen (secondary N) is 2. The van der Waals surface area contributed by atoms with Crippen LogP contribution < -0.4 is 10.0 Å². The van der Waals surface area contributed by atoms with Crippen LogP contribution in [0.15, 0.2) is 17.0 Å². The second-order valence-electron chi connectivity index (χ2n) is 4.38. The first-order valence-corrected chi connectivity index (χ1v) is 7.99. The Kier molecular flexibility index (Phi) is 6.50. The molecule has 0 aliphatic carbocycles. The number of hydrogen-bond acceptors (Lipinski definition) is 3. The van der Waals surface area contributed by atoms with E-state index >= 15 is 0 Å². The Morgan fingerprint density at radius 2 is 2.10 bits per heavy atom. The van der Waals surface area contributed by atoms with Crippen LogP contribution in [0.2, 0.25) is 10.0 Å². The number of benzene rings is 1. The van der Waals surface area contributed by atoms with Gasteiger partial charge in [0.2, 0.25) is 10.0 Å². The Morgan fingerprint density at radius 1 is 1.40 bits per heavy atom. The molecule has 0 aromatic heterocycles. The maximum absolute atomic E-state index is 13.5. The summed E-state index contributed by atoms with van der Waals surface area (Å²) in [5.74, 6) is -0.681. The van der Waals surface area contributed by atoms with E-state index in [1.54, 1.807) is 0 Å².